The van der Waals surface area contributed by atoms with Crippen molar-refractivity contribution in [1.82, 2.24) is 9.55 Å². The zero-order valence-electron chi connectivity index (χ0n) is 15.6. The lowest BCUT2D eigenvalue weighted by Gasteiger charge is -2.32. The highest BCUT2D eigenvalue weighted by atomic mass is 79.9. The molecule has 4 atom stereocenters. The van der Waals surface area contributed by atoms with Crippen molar-refractivity contribution < 1.29 is 27.4 Å². The van der Waals surface area contributed by atoms with Crippen LogP contribution in [0.1, 0.15) is 38.2 Å². The SMILES string of the molecule is CC(=O)O[C@H]1C[C@@H](C2C(OC(F)F)=CC=CC2C)n2c1nc1cc(F)c(Br)cc12. The molecule has 9 heteroatoms. The highest BCUT2D eigenvalue weighted by Gasteiger charge is 2.44. The van der Waals surface area contributed by atoms with Crippen LogP contribution in [0.25, 0.3) is 11.0 Å². The summed E-state index contributed by atoms with van der Waals surface area (Å²) in [6, 6.07) is 2.54. The Labute approximate surface area is 173 Å². The van der Waals surface area contributed by atoms with E-state index in [9.17, 15) is 18.0 Å². The summed E-state index contributed by atoms with van der Waals surface area (Å²) in [5.74, 6) is -0.838. The van der Waals surface area contributed by atoms with Crippen molar-refractivity contribution in [2.45, 2.75) is 39.0 Å². The number of fused-ring (bicyclic) bond motifs is 3. The van der Waals surface area contributed by atoms with Crippen LogP contribution >= 0.6 is 15.9 Å². The van der Waals surface area contributed by atoms with E-state index in [2.05, 4.69) is 20.9 Å². The molecule has 0 spiro atoms. The summed E-state index contributed by atoms with van der Waals surface area (Å²) in [5.41, 5.74) is 1.04. The number of hydrogen-bond acceptors (Lipinski definition) is 4. The lowest BCUT2D eigenvalue weighted by molar-refractivity contribution is -0.147. The molecule has 1 aromatic carbocycles. The number of carbonyl (C=O) groups excluding carboxylic acids is 1. The van der Waals surface area contributed by atoms with Gasteiger partial charge >= 0.3 is 12.6 Å². The van der Waals surface area contributed by atoms with Gasteiger partial charge in [0.1, 0.15) is 11.6 Å². The Morgan fingerprint density at radius 1 is 1.38 bits per heavy atom. The van der Waals surface area contributed by atoms with Crippen molar-refractivity contribution in [3.05, 3.63) is 52.2 Å². The van der Waals surface area contributed by atoms with Gasteiger partial charge in [-0.2, -0.15) is 8.78 Å². The third kappa shape index (κ3) is 3.56. The quantitative estimate of drug-likeness (QED) is 0.558. The number of ether oxygens (including phenoxy) is 2. The maximum absolute atomic E-state index is 14.0. The minimum absolute atomic E-state index is 0.107. The molecule has 0 bridgehead atoms. The maximum Gasteiger partial charge on any atom is 0.387 e. The van der Waals surface area contributed by atoms with Crippen LogP contribution < -0.4 is 0 Å². The van der Waals surface area contributed by atoms with Gasteiger partial charge in [-0.3, -0.25) is 4.79 Å². The fourth-order valence-corrected chi connectivity index (χ4v) is 4.63. The second-order valence-corrected chi connectivity index (χ2v) is 8.07. The van der Waals surface area contributed by atoms with Crippen LogP contribution in [0.2, 0.25) is 0 Å². The van der Waals surface area contributed by atoms with E-state index in [1.165, 1.54) is 19.1 Å². The summed E-state index contributed by atoms with van der Waals surface area (Å²) in [6.45, 7) is 0.264. The molecule has 154 valence electrons. The Balaban J connectivity index is 1.85. The first-order valence-electron chi connectivity index (χ1n) is 9.13. The monoisotopic (exact) mass is 470 g/mol. The summed E-state index contributed by atoms with van der Waals surface area (Å²) in [7, 11) is 0. The fourth-order valence-electron chi connectivity index (χ4n) is 4.30. The Kier molecular flexibility index (Phi) is 5.18. The van der Waals surface area contributed by atoms with E-state index in [1.807, 2.05) is 17.6 Å². The van der Waals surface area contributed by atoms with Crippen LogP contribution in [-0.4, -0.2) is 22.1 Å². The normalized spacial score (nSPS) is 26.0. The smallest absolute Gasteiger partial charge is 0.387 e. The van der Waals surface area contributed by atoms with Gasteiger partial charge in [0.15, 0.2) is 11.9 Å². The van der Waals surface area contributed by atoms with Crippen LogP contribution in [0.15, 0.2) is 40.6 Å². The average molecular weight is 471 g/mol. The van der Waals surface area contributed by atoms with Gasteiger partial charge in [-0.1, -0.05) is 19.1 Å². The molecular formula is C20H18BrF3N2O3. The van der Waals surface area contributed by atoms with Crippen LogP contribution in [0.3, 0.4) is 0 Å². The van der Waals surface area contributed by atoms with Crippen LogP contribution in [0.5, 0.6) is 0 Å². The van der Waals surface area contributed by atoms with Gasteiger partial charge in [0.2, 0.25) is 0 Å². The third-order valence-electron chi connectivity index (χ3n) is 5.35. The molecule has 1 aliphatic carbocycles. The summed E-state index contributed by atoms with van der Waals surface area (Å²) >= 11 is 3.19. The van der Waals surface area contributed by atoms with E-state index in [4.69, 9.17) is 9.47 Å². The number of hydrogen-bond donors (Lipinski definition) is 0. The molecule has 0 N–H and O–H groups in total. The molecule has 2 aliphatic rings. The second-order valence-electron chi connectivity index (χ2n) is 7.21. The predicted octanol–water partition coefficient (Wildman–Crippen LogP) is 5.43. The van der Waals surface area contributed by atoms with Gasteiger partial charge in [0, 0.05) is 31.4 Å². The van der Waals surface area contributed by atoms with Gasteiger partial charge < -0.3 is 14.0 Å². The van der Waals surface area contributed by atoms with Crippen molar-refractivity contribution in [1.29, 1.82) is 0 Å². The molecule has 5 nitrogen and oxygen atoms in total. The van der Waals surface area contributed by atoms with E-state index in [1.54, 1.807) is 12.1 Å². The van der Waals surface area contributed by atoms with Crippen LogP contribution in [0, 0.1) is 17.7 Å². The summed E-state index contributed by atoms with van der Waals surface area (Å²) in [6.07, 6.45) is 4.84. The first-order chi connectivity index (χ1) is 13.8. The molecule has 0 radical (unpaired) electrons. The largest absolute Gasteiger partial charge is 0.454 e. The van der Waals surface area contributed by atoms with Crippen molar-refractivity contribution in [2.24, 2.45) is 11.8 Å². The van der Waals surface area contributed by atoms with Crippen molar-refractivity contribution >= 4 is 32.9 Å². The van der Waals surface area contributed by atoms with E-state index in [0.29, 0.717) is 23.3 Å². The first kappa shape index (κ1) is 20.0. The summed E-state index contributed by atoms with van der Waals surface area (Å²) in [4.78, 5) is 16.1. The Bertz CT molecular complexity index is 1030. The Morgan fingerprint density at radius 3 is 2.83 bits per heavy atom. The molecule has 1 aliphatic heterocycles. The number of carbonyl (C=O) groups is 1. The molecule has 2 unspecified atom stereocenters. The van der Waals surface area contributed by atoms with E-state index in [-0.39, 0.29) is 22.2 Å². The number of aromatic nitrogens is 2. The summed E-state index contributed by atoms with van der Waals surface area (Å²) < 4.78 is 52.5. The van der Waals surface area contributed by atoms with E-state index in [0.717, 1.165) is 0 Å². The van der Waals surface area contributed by atoms with Gasteiger partial charge in [-0.05, 0) is 34.0 Å². The predicted molar refractivity (Wildman–Crippen MR) is 103 cm³/mol. The second kappa shape index (κ2) is 7.51. The number of esters is 1. The Morgan fingerprint density at radius 2 is 2.14 bits per heavy atom. The van der Waals surface area contributed by atoms with Crippen LogP contribution in [-0.2, 0) is 14.3 Å². The number of rotatable bonds is 4. The summed E-state index contributed by atoms with van der Waals surface area (Å²) in [5, 5.41) is 0. The standard InChI is InChI=1S/C20H18BrF3N2O3/c1-9-4-3-5-16(29-20(23)24)18(9)15-8-17(28-10(2)27)19-25-13-7-12(22)11(21)6-14(13)26(15)19/h3-7,9,15,17-18,20H,8H2,1-2H3/t9?,15-,17-,18?/m0/s1. The van der Waals surface area contributed by atoms with Crippen molar-refractivity contribution in [3.63, 3.8) is 0 Å². The van der Waals surface area contributed by atoms with Gasteiger partial charge in [0.05, 0.1) is 15.5 Å². The first-order valence-corrected chi connectivity index (χ1v) is 9.93. The fraction of sp³-hybridized carbons (Fsp3) is 0.400. The third-order valence-corrected chi connectivity index (χ3v) is 5.96. The average Bonchev–Trinajstić information content (AvgIpc) is 3.13. The highest BCUT2D eigenvalue weighted by molar-refractivity contribution is 9.10. The molecule has 29 heavy (non-hydrogen) atoms. The zero-order valence-corrected chi connectivity index (χ0v) is 17.2. The van der Waals surface area contributed by atoms with Crippen molar-refractivity contribution in [3.8, 4) is 0 Å². The molecule has 2 heterocycles. The molecule has 0 fully saturated rings. The van der Waals surface area contributed by atoms with Gasteiger partial charge in [0.25, 0.3) is 0 Å². The van der Waals surface area contributed by atoms with Crippen molar-refractivity contribution in [2.75, 3.05) is 0 Å². The van der Waals surface area contributed by atoms with Gasteiger partial charge in [-0.25, -0.2) is 9.37 Å². The van der Waals surface area contributed by atoms with Crippen LogP contribution in [0.4, 0.5) is 13.2 Å². The maximum atomic E-state index is 14.0. The van der Waals surface area contributed by atoms with E-state index >= 15 is 0 Å². The molecule has 2 aromatic rings. The Hall–Kier alpha value is -2.29. The molecule has 4 rings (SSSR count). The lowest BCUT2D eigenvalue weighted by atomic mass is 9.81. The number of nitrogens with zero attached hydrogens (tertiary/aromatic N) is 2. The molecule has 1 aromatic heterocycles. The molecule has 0 amide bonds. The minimum Gasteiger partial charge on any atom is -0.454 e. The molecule has 0 saturated heterocycles. The lowest BCUT2D eigenvalue weighted by Crippen LogP contribution is -2.27. The topological polar surface area (TPSA) is 53.4 Å². The number of alkyl halides is 2. The minimum atomic E-state index is -2.95. The number of halogens is 4. The molecular weight excluding hydrogens is 453 g/mol. The number of allylic oxidation sites excluding steroid dienone is 4. The molecule has 0 saturated carbocycles. The zero-order chi connectivity index (χ0) is 20.9. The van der Waals surface area contributed by atoms with E-state index < -0.39 is 30.4 Å². The highest BCUT2D eigenvalue weighted by Crippen LogP contribution is 2.49. The number of imidazole rings is 1. The number of benzene rings is 1. The van der Waals surface area contributed by atoms with Gasteiger partial charge in [-0.15, -0.1) is 0 Å².